The number of hydrogen-bond acceptors (Lipinski definition) is 0. The molecule has 18 heavy (non-hydrogen) atoms. The molecule has 0 amide bonds. The van der Waals surface area contributed by atoms with Crippen LogP contribution in [0.4, 0.5) is 0 Å². The van der Waals surface area contributed by atoms with Crippen LogP contribution < -0.4 is 5.32 Å². The topological polar surface area (TPSA) is 16.6 Å². The Bertz CT molecular complexity index is 336. The van der Waals surface area contributed by atoms with Gasteiger partial charge in [-0.3, -0.25) is 0 Å². The van der Waals surface area contributed by atoms with Gasteiger partial charge in [0, 0.05) is 11.8 Å². The first-order chi connectivity index (χ1) is 8.33. The number of nitrogens with two attached hydrogens (primary N) is 1. The molecule has 0 aromatic rings. The summed E-state index contributed by atoms with van der Waals surface area (Å²) in [6.45, 7) is 11.5. The third-order valence-electron chi connectivity index (χ3n) is 5.02. The van der Waals surface area contributed by atoms with Gasteiger partial charge in [0.1, 0.15) is 0 Å². The molecule has 2 atom stereocenters. The molecular formula is C17H31N. The molecule has 0 spiro atoms. The quantitative estimate of drug-likeness (QED) is 0.560. The van der Waals surface area contributed by atoms with E-state index in [0.29, 0.717) is 5.41 Å². The van der Waals surface area contributed by atoms with Gasteiger partial charge < -0.3 is 5.32 Å². The van der Waals surface area contributed by atoms with E-state index >= 15 is 0 Å². The first-order valence-electron chi connectivity index (χ1n) is 7.25. The molecule has 0 bridgehead atoms. The molecule has 1 rings (SSSR count). The summed E-state index contributed by atoms with van der Waals surface area (Å²) in [5, 5.41) is 2.21. The summed E-state index contributed by atoms with van der Waals surface area (Å²) in [5.41, 5.74) is 3.61. The van der Waals surface area contributed by atoms with Crippen molar-refractivity contribution in [1.29, 1.82) is 0 Å². The minimum absolute atomic E-state index is 0.246. The van der Waals surface area contributed by atoms with Crippen LogP contribution in [0.5, 0.6) is 0 Å². The predicted octanol–water partition coefficient (Wildman–Crippen LogP) is 3.98. The molecule has 0 aliphatic heterocycles. The maximum Gasteiger partial charge on any atom is 0.0755 e. The van der Waals surface area contributed by atoms with Gasteiger partial charge in [0.05, 0.1) is 5.54 Å². The van der Waals surface area contributed by atoms with Crippen LogP contribution >= 0.6 is 0 Å². The molecule has 2 unspecified atom stereocenters. The van der Waals surface area contributed by atoms with E-state index in [1.165, 1.54) is 37.7 Å². The lowest BCUT2D eigenvalue weighted by Gasteiger charge is -2.47. The number of quaternary nitrogens is 1. The van der Waals surface area contributed by atoms with Crippen molar-refractivity contribution in [3.63, 3.8) is 0 Å². The second-order valence-electron chi connectivity index (χ2n) is 6.76. The zero-order chi connectivity index (χ0) is 13.8. The molecular weight excluding hydrogens is 218 g/mol. The summed E-state index contributed by atoms with van der Waals surface area (Å²) in [4.78, 5) is 0. The molecule has 0 saturated carbocycles. The Morgan fingerprint density at radius 1 is 1.56 bits per heavy atom. The van der Waals surface area contributed by atoms with Gasteiger partial charge >= 0.3 is 0 Å². The second-order valence-corrected chi connectivity index (χ2v) is 6.76. The highest BCUT2D eigenvalue weighted by Crippen LogP contribution is 2.43. The van der Waals surface area contributed by atoms with Crippen LogP contribution in [0.3, 0.4) is 0 Å². The predicted molar refractivity (Wildman–Crippen MR) is 80.1 cm³/mol. The van der Waals surface area contributed by atoms with E-state index in [1.54, 1.807) is 5.57 Å². The van der Waals surface area contributed by atoms with Crippen molar-refractivity contribution >= 4 is 0 Å². The monoisotopic (exact) mass is 249 g/mol. The SMILES string of the molecule is [CH2-][NH2+]C(C)(CCC=C(C)C)C1(C)CC=C(C)CC1. The van der Waals surface area contributed by atoms with Crippen LogP contribution in [-0.4, -0.2) is 5.54 Å². The zero-order valence-corrected chi connectivity index (χ0v) is 13.0. The minimum Gasteiger partial charge on any atom is -0.474 e. The van der Waals surface area contributed by atoms with Gasteiger partial charge in [0.25, 0.3) is 0 Å². The van der Waals surface area contributed by atoms with Crippen LogP contribution in [0.15, 0.2) is 23.3 Å². The number of allylic oxidation sites excluding steroid dienone is 4. The van der Waals surface area contributed by atoms with Crippen LogP contribution in [0.25, 0.3) is 0 Å². The third-order valence-corrected chi connectivity index (χ3v) is 5.02. The van der Waals surface area contributed by atoms with E-state index in [1.807, 2.05) is 0 Å². The van der Waals surface area contributed by atoms with E-state index < -0.39 is 0 Å². The van der Waals surface area contributed by atoms with E-state index in [2.05, 4.69) is 59.1 Å². The zero-order valence-electron chi connectivity index (χ0n) is 13.0. The van der Waals surface area contributed by atoms with Crippen molar-refractivity contribution < 1.29 is 5.32 Å². The van der Waals surface area contributed by atoms with Crippen molar-refractivity contribution in [2.75, 3.05) is 0 Å². The fourth-order valence-electron chi connectivity index (χ4n) is 2.91. The largest absolute Gasteiger partial charge is 0.474 e. The standard InChI is InChI=1S/C17H31N/c1-14(2)8-7-11-17(5,18-6)16(4)12-9-15(3)10-13-16/h8-9H,6-7,10-13,18H2,1-5H3. The summed E-state index contributed by atoms with van der Waals surface area (Å²) in [5.74, 6) is 0. The van der Waals surface area contributed by atoms with E-state index in [0.717, 1.165) is 0 Å². The minimum atomic E-state index is 0.246. The Kier molecular flexibility index (Phi) is 5.21. The van der Waals surface area contributed by atoms with Crippen molar-refractivity contribution in [3.05, 3.63) is 30.3 Å². The normalized spacial score (nSPS) is 27.3. The van der Waals surface area contributed by atoms with Gasteiger partial charge in [0.15, 0.2) is 0 Å². The Morgan fingerprint density at radius 3 is 2.67 bits per heavy atom. The smallest absolute Gasteiger partial charge is 0.0755 e. The molecule has 1 heteroatoms. The molecule has 1 aliphatic carbocycles. The van der Waals surface area contributed by atoms with Crippen LogP contribution in [0.1, 0.15) is 66.7 Å². The maximum atomic E-state index is 4.13. The summed E-state index contributed by atoms with van der Waals surface area (Å²) in [7, 11) is 4.13. The van der Waals surface area contributed by atoms with Gasteiger partial charge in [-0.25, -0.2) is 0 Å². The molecule has 0 heterocycles. The molecule has 2 N–H and O–H groups in total. The first kappa shape index (κ1) is 15.5. The van der Waals surface area contributed by atoms with E-state index in [-0.39, 0.29) is 5.54 Å². The lowest BCUT2D eigenvalue weighted by molar-refractivity contribution is -0.691. The lowest BCUT2D eigenvalue weighted by Crippen LogP contribution is -2.94. The molecule has 0 aromatic heterocycles. The van der Waals surface area contributed by atoms with Gasteiger partial charge in [-0.1, -0.05) is 30.2 Å². The van der Waals surface area contributed by atoms with Crippen molar-refractivity contribution in [2.45, 2.75) is 72.3 Å². The Morgan fingerprint density at radius 2 is 2.22 bits per heavy atom. The number of rotatable bonds is 5. The van der Waals surface area contributed by atoms with Gasteiger partial charge in [-0.05, 0) is 53.4 Å². The van der Waals surface area contributed by atoms with Gasteiger partial charge in [-0.15, -0.1) is 0 Å². The molecule has 1 nitrogen and oxygen atoms in total. The van der Waals surface area contributed by atoms with Crippen LogP contribution in [0, 0.1) is 12.5 Å². The highest BCUT2D eigenvalue weighted by molar-refractivity contribution is 5.10. The summed E-state index contributed by atoms with van der Waals surface area (Å²) in [6.07, 6.45) is 10.9. The first-order valence-corrected chi connectivity index (χ1v) is 7.25. The second kappa shape index (κ2) is 6.06. The molecule has 0 aromatic carbocycles. The highest BCUT2D eigenvalue weighted by Gasteiger charge is 2.44. The summed E-state index contributed by atoms with van der Waals surface area (Å²) < 4.78 is 0. The molecule has 1 aliphatic rings. The van der Waals surface area contributed by atoms with E-state index in [9.17, 15) is 0 Å². The molecule has 0 radical (unpaired) electrons. The van der Waals surface area contributed by atoms with E-state index in [4.69, 9.17) is 0 Å². The highest BCUT2D eigenvalue weighted by atomic mass is 15.0. The van der Waals surface area contributed by atoms with Crippen molar-refractivity contribution in [3.8, 4) is 0 Å². The summed E-state index contributed by atoms with van der Waals surface area (Å²) >= 11 is 0. The summed E-state index contributed by atoms with van der Waals surface area (Å²) in [6, 6.07) is 0. The maximum absolute atomic E-state index is 4.13. The fourth-order valence-corrected chi connectivity index (χ4v) is 2.91. The van der Waals surface area contributed by atoms with Crippen LogP contribution in [-0.2, 0) is 0 Å². The van der Waals surface area contributed by atoms with Crippen LogP contribution in [0.2, 0.25) is 0 Å². The van der Waals surface area contributed by atoms with Crippen molar-refractivity contribution in [1.82, 2.24) is 0 Å². The number of hydrogen-bond donors (Lipinski definition) is 1. The average molecular weight is 249 g/mol. The van der Waals surface area contributed by atoms with Gasteiger partial charge in [-0.2, -0.15) is 7.05 Å². The molecule has 0 fully saturated rings. The Labute approximate surface area is 114 Å². The van der Waals surface area contributed by atoms with Gasteiger partial charge in [0.2, 0.25) is 0 Å². The molecule has 104 valence electrons. The lowest BCUT2D eigenvalue weighted by atomic mass is 9.62. The average Bonchev–Trinajstić information content (AvgIpc) is 2.32. The van der Waals surface area contributed by atoms with Crippen molar-refractivity contribution in [2.24, 2.45) is 5.41 Å². The Balaban J connectivity index is 2.77. The molecule has 0 saturated heterocycles. The third kappa shape index (κ3) is 3.47. The Hall–Kier alpha value is -0.560. The fraction of sp³-hybridized carbons (Fsp3) is 0.706.